The molecular weight excluding hydrogens is 343 g/mol. The van der Waals surface area contributed by atoms with Crippen molar-refractivity contribution in [1.82, 2.24) is 0 Å². The van der Waals surface area contributed by atoms with Crippen LogP contribution in [0.15, 0.2) is 0 Å². The molecule has 0 aromatic rings. The van der Waals surface area contributed by atoms with E-state index in [1.807, 2.05) is 0 Å². The molecule has 2 fully saturated rings. The molecule has 0 aromatic heterocycles. The molecular formula is C12H23NaO11. The summed E-state index contributed by atoms with van der Waals surface area (Å²) in [6.45, 7) is -1.35. The number of aliphatic hydroxyl groups excluding tert-OH is 8. The first-order valence-electron chi connectivity index (χ1n) is 7.08. The van der Waals surface area contributed by atoms with Gasteiger partial charge in [-0.05, 0) is 0 Å². The van der Waals surface area contributed by atoms with Crippen molar-refractivity contribution in [3.8, 4) is 0 Å². The molecule has 2 rings (SSSR count). The van der Waals surface area contributed by atoms with Crippen molar-refractivity contribution in [3.05, 3.63) is 0 Å². The average molecular weight is 366 g/mol. The van der Waals surface area contributed by atoms with Crippen molar-refractivity contribution in [2.75, 3.05) is 13.2 Å². The van der Waals surface area contributed by atoms with E-state index >= 15 is 0 Å². The van der Waals surface area contributed by atoms with E-state index < -0.39 is 74.6 Å². The van der Waals surface area contributed by atoms with E-state index in [0.717, 1.165) is 0 Å². The first-order valence-corrected chi connectivity index (χ1v) is 7.08. The summed E-state index contributed by atoms with van der Waals surface area (Å²) in [5.41, 5.74) is 0. The van der Waals surface area contributed by atoms with Gasteiger partial charge in [0, 0.05) is 0 Å². The molecule has 2 saturated heterocycles. The van der Waals surface area contributed by atoms with Crippen LogP contribution in [0.4, 0.5) is 0 Å². The van der Waals surface area contributed by atoms with E-state index in [9.17, 15) is 35.7 Å². The number of rotatable bonds is 4. The van der Waals surface area contributed by atoms with Gasteiger partial charge in [0.25, 0.3) is 0 Å². The minimum atomic E-state index is -1.74. The second-order valence-electron chi connectivity index (χ2n) is 5.53. The van der Waals surface area contributed by atoms with Crippen LogP contribution in [0, 0.1) is 0 Å². The molecule has 2 aliphatic heterocycles. The monoisotopic (exact) mass is 366 g/mol. The van der Waals surface area contributed by atoms with Gasteiger partial charge in [-0.2, -0.15) is 0 Å². The van der Waals surface area contributed by atoms with Gasteiger partial charge < -0.3 is 55.1 Å². The van der Waals surface area contributed by atoms with E-state index in [1.165, 1.54) is 0 Å². The average Bonchev–Trinajstić information content (AvgIpc) is 2.55. The summed E-state index contributed by atoms with van der Waals surface area (Å²) in [5.74, 6) is 0. The Balaban J connectivity index is 0.00000288. The third-order valence-electron chi connectivity index (χ3n) is 3.98. The van der Waals surface area contributed by atoms with E-state index in [4.69, 9.17) is 19.3 Å². The van der Waals surface area contributed by atoms with E-state index in [0.29, 0.717) is 0 Å². The van der Waals surface area contributed by atoms with Crippen LogP contribution in [-0.4, -0.2) is 145 Å². The second kappa shape index (κ2) is 9.48. The standard InChI is InChI=1S/C12H22O11.Na.H/c13-1-3-5(15)6(16)9(19)12(22-3)23-10-4(2-14)21-11(20)8(18)7(10)17;;/h3-20H,1-2H2;;/t3-,4-,5+,6+,7-,8-,9-,10-,11+,12+;;/m1../s1. The fourth-order valence-electron chi connectivity index (χ4n) is 2.57. The van der Waals surface area contributed by atoms with E-state index in [2.05, 4.69) is 0 Å². The third kappa shape index (κ3) is 4.45. The van der Waals surface area contributed by atoms with Gasteiger partial charge in [-0.1, -0.05) is 0 Å². The molecule has 0 unspecified atom stereocenters. The second-order valence-corrected chi connectivity index (χ2v) is 5.53. The van der Waals surface area contributed by atoms with Crippen LogP contribution in [0.1, 0.15) is 0 Å². The third-order valence-corrected chi connectivity index (χ3v) is 3.98. The molecule has 0 radical (unpaired) electrons. The van der Waals surface area contributed by atoms with Crippen molar-refractivity contribution >= 4 is 29.6 Å². The number of aliphatic hydroxyl groups is 8. The van der Waals surface area contributed by atoms with Crippen molar-refractivity contribution < 1.29 is 55.1 Å². The molecule has 2 heterocycles. The van der Waals surface area contributed by atoms with Gasteiger partial charge in [0.15, 0.2) is 12.6 Å². The topological polar surface area (TPSA) is 190 Å². The molecule has 0 spiro atoms. The number of hydrogen-bond acceptors (Lipinski definition) is 11. The summed E-state index contributed by atoms with van der Waals surface area (Å²) in [7, 11) is 0. The quantitative estimate of drug-likeness (QED) is 0.221. The molecule has 8 N–H and O–H groups in total. The van der Waals surface area contributed by atoms with Gasteiger partial charge in [-0.15, -0.1) is 0 Å². The SMILES string of the molecule is OC[C@H]1O[C@@H](O[C@H]2[C@H](O)[C@@H](O)[C@@H](O)O[C@@H]2CO)[C@H](O)[C@@H](O)[C@H]1O.[NaH]. The van der Waals surface area contributed by atoms with E-state index in [-0.39, 0.29) is 29.6 Å². The Kier molecular flexibility index (Phi) is 8.93. The Morgan fingerprint density at radius 2 is 1.25 bits per heavy atom. The Morgan fingerprint density at radius 3 is 1.79 bits per heavy atom. The van der Waals surface area contributed by atoms with Crippen LogP contribution in [0.2, 0.25) is 0 Å². The van der Waals surface area contributed by atoms with Crippen LogP contribution >= 0.6 is 0 Å². The van der Waals surface area contributed by atoms with Crippen molar-refractivity contribution in [3.63, 3.8) is 0 Å². The van der Waals surface area contributed by atoms with Crippen LogP contribution in [0.5, 0.6) is 0 Å². The summed E-state index contributed by atoms with van der Waals surface area (Å²) in [6, 6.07) is 0. The summed E-state index contributed by atoms with van der Waals surface area (Å²) in [5, 5.41) is 76.5. The predicted octanol–water partition coefficient (Wildman–Crippen LogP) is -6.05. The van der Waals surface area contributed by atoms with Gasteiger partial charge in [0.1, 0.15) is 48.8 Å². The molecule has 0 amide bonds. The fourth-order valence-corrected chi connectivity index (χ4v) is 2.57. The van der Waals surface area contributed by atoms with Gasteiger partial charge in [-0.3, -0.25) is 0 Å². The minimum absolute atomic E-state index is 0. The Bertz CT molecular complexity index is 384. The van der Waals surface area contributed by atoms with Gasteiger partial charge in [0.05, 0.1) is 13.2 Å². The molecule has 11 nitrogen and oxygen atoms in total. The van der Waals surface area contributed by atoms with E-state index in [1.54, 1.807) is 0 Å². The van der Waals surface area contributed by atoms with Crippen molar-refractivity contribution in [2.45, 2.75) is 61.4 Å². The molecule has 10 atom stereocenters. The van der Waals surface area contributed by atoms with Gasteiger partial charge in [0.2, 0.25) is 0 Å². The maximum atomic E-state index is 9.94. The summed E-state index contributed by atoms with van der Waals surface area (Å²) < 4.78 is 15.3. The molecule has 0 aliphatic carbocycles. The summed E-state index contributed by atoms with van der Waals surface area (Å²) >= 11 is 0. The number of ether oxygens (including phenoxy) is 3. The molecule has 2 aliphatic rings. The normalized spacial score (nSPS) is 49.5. The first kappa shape index (κ1) is 22.6. The van der Waals surface area contributed by atoms with Crippen molar-refractivity contribution in [1.29, 1.82) is 0 Å². The molecule has 0 aromatic carbocycles. The Morgan fingerprint density at radius 1 is 0.667 bits per heavy atom. The zero-order valence-electron chi connectivity index (χ0n) is 12.0. The molecule has 0 saturated carbocycles. The first-order chi connectivity index (χ1) is 10.8. The number of hydrogen-bond donors (Lipinski definition) is 8. The maximum absolute atomic E-state index is 9.94. The zero-order valence-corrected chi connectivity index (χ0v) is 12.0. The van der Waals surface area contributed by atoms with Gasteiger partial charge in [-0.25, -0.2) is 0 Å². The van der Waals surface area contributed by atoms with Gasteiger partial charge >= 0.3 is 29.6 Å². The summed E-state index contributed by atoms with van der Waals surface area (Å²) in [4.78, 5) is 0. The summed E-state index contributed by atoms with van der Waals surface area (Å²) in [6.07, 6.45) is -15.6. The predicted molar refractivity (Wildman–Crippen MR) is 75.8 cm³/mol. The molecule has 138 valence electrons. The molecule has 12 heteroatoms. The van der Waals surface area contributed by atoms with Crippen LogP contribution in [0.25, 0.3) is 0 Å². The Hall–Kier alpha value is 0.560. The molecule has 0 bridgehead atoms. The molecule has 24 heavy (non-hydrogen) atoms. The van der Waals surface area contributed by atoms with Crippen LogP contribution in [-0.2, 0) is 14.2 Å². The zero-order chi connectivity index (χ0) is 17.3. The van der Waals surface area contributed by atoms with Crippen molar-refractivity contribution in [2.24, 2.45) is 0 Å². The van der Waals surface area contributed by atoms with Crippen LogP contribution in [0.3, 0.4) is 0 Å². The fraction of sp³-hybridized carbons (Fsp3) is 1.00. The van der Waals surface area contributed by atoms with Crippen LogP contribution < -0.4 is 0 Å². The Labute approximate surface area is 159 Å².